The first-order valence-electron chi connectivity index (χ1n) is 10.1. The summed E-state index contributed by atoms with van der Waals surface area (Å²) in [7, 11) is 1.66. The van der Waals surface area contributed by atoms with E-state index in [0.29, 0.717) is 24.8 Å². The molecule has 156 valence electrons. The molecule has 2 aliphatic heterocycles. The van der Waals surface area contributed by atoms with Crippen molar-refractivity contribution < 1.29 is 9.47 Å². The smallest absolute Gasteiger partial charge is 0.259 e. The van der Waals surface area contributed by atoms with Gasteiger partial charge in [-0.25, -0.2) is 4.98 Å². The number of benzene rings is 1. The zero-order valence-corrected chi connectivity index (χ0v) is 17.4. The maximum atomic E-state index is 13.0. The van der Waals surface area contributed by atoms with Crippen molar-refractivity contribution in [3.05, 3.63) is 45.9 Å². The van der Waals surface area contributed by atoms with E-state index in [4.69, 9.17) is 14.5 Å². The molecule has 1 saturated heterocycles. The molecule has 4 rings (SSSR count). The standard InChI is InChI=1S/C21H29N5O3/c1-16-17(2)22-21-25(18-4-6-19(28-3)7-5-18)14-24(15-26(21)20(16)27)9-8-23-10-12-29-13-11-23/h4-7H,8-15H2,1-3H3. The van der Waals surface area contributed by atoms with Crippen LogP contribution in [0.4, 0.5) is 11.6 Å². The maximum absolute atomic E-state index is 13.0. The van der Waals surface area contributed by atoms with Crippen LogP contribution in [0.25, 0.3) is 0 Å². The van der Waals surface area contributed by atoms with Gasteiger partial charge in [0.25, 0.3) is 5.56 Å². The Bertz CT molecular complexity index is 906. The zero-order chi connectivity index (χ0) is 20.4. The van der Waals surface area contributed by atoms with Crippen LogP contribution in [0.15, 0.2) is 29.1 Å². The van der Waals surface area contributed by atoms with Crippen LogP contribution < -0.4 is 15.2 Å². The first-order valence-corrected chi connectivity index (χ1v) is 10.1. The minimum Gasteiger partial charge on any atom is -0.497 e. The number of nitrogens with zero attached hydrogens (tertiary/aromatic N) is 5. The molecule has 0 spiro atoms. The van der Waals surface area contributed by atoms with Crippen LogP contribution in [0.1, 0.15) is 11.3 Å². The number of ether oxygens (including phenoxy) is 2. The van der Waals surface area contributed by atoms with Crippen molar-refractivity contribution in [1.82, 2.24) is 19.4 Å². The van der Waals surface area contributed by atoms with Crippen molar-refractivity contribution in [2.75, 3.05) is 58.1 Å². The highest BCUT2D eigenvalue weighted by molar-refractivity contribution is 5.59. The summed E-state index contributed by atoms with van der Waals surface area (Å²) in [4.78, 5) is 24.6. The summed E-state index contributed by atoms with van der Waals surface area (Å²) >= 11 is 0. The second-order valence-corrected chi connectivity index (χ2v) is 7.61. The Balaban J connectivity index is 1.62. The third kappa shape index (κ3) is 4.14. The largest absolute Gasteiger partial charge is 0.497 e. The SMILES string of the molecule is COc1ccc(N2CN(CCN3CCOCC3)Cn3c2nc(C)c(C)c3=O)cc1. The number of aryl methyl sites for hydroxylation is 1. The summed E-state index contributed by atoms with van der Waals surface area (Å²) in [6, 6.07) is 7.89. The van der Waals surface area contributed by atoms with Crippen LogP contribution in [-0.2, 0) is 11.4 Å². The zero-order valence-electron chi connectivity index (χ0n) is 17.4. The molecule has 0 radical (unpaired) electrons. The average Bonchev–Trinajstić information content (AvgIpc) is 2.77. The van der Waals surface area contributed by atoms with Gasteiger partial charge in [-0.15, -0.1) is 0 Å². The van der Waals surface area contributed by atoms with Gasteiger partial charge in [-0.2, -0.15) is 0 Å². The van der Waals surface area contributed by atoms with E-state index in [2.05, 4.69) is 14.7 Å². The predicted octanol–water partition coefficient (Wildman–Crippen LogP) is 1.57. The number of aromatic nitrogens is 2. The van der Waals surface area contributed by atoms with Crippen LogP contribution in [0, 0.1) is 13.8 Å². The fraction of sp³-hybridized carbons (Fsp3) is 0.524. The molecule has 29 heavy (non-hydrogen) atoms. The average molecular weight is 399 g/mol. The number of hydrogen-bond acceptors (Lipinski definition) is 7. The second-order valence-electron chi connectivity index (χ2n) is 7.61. The van der Waals surface area contributed by atoms with Gasteiger partial charge in [-0.05, 0) is 38.1 Å². The molecular weight excluding hydrogens is 370 g/mol. The fourth-order valence-corrected chi connectivity index (χ4v) is 3.79. The molecule has 8 heteroatoms. The molecule has 2 aromatic rings. The van der Waals surface area contributed by atoms with Crippen molar-refractivity contribution in [3.8, 4) is 5.75 Å². The lowest BCUT2D eigenvalue weighted by Gasteiger charge is -2.39. The maximum Gasteiger partial charge on any atom is 0.259 e. The molecule has 1 aromatic carbocycles. The lowest BCUT2D eigenvalue weighted by atomic mass is 10.2. The fourth-order valence-electron chi connectivity index (χ4n) is 3.79. The van der Waals surface area contributed by atoms with E-state index in [9.17, 15) is 4.79 Å². The van der Waals surface area contributed by atoms with E-state index in [1.165, 1.54) is 0 Å². The number of fused-ring (bicyclic) bond motifs is 1. The molecule has 2 aliphatic rings. The molecule has 0 N–H and O–H groups in total. The van der Waals surface area contributed by atoms with E-state index < -0.39 is 0 Å². The Labute approximate surface area is 171 Å². The van der Waals surface area contributed by atoms with Crippen LogP contribution in [-0.4, -0.2) is 72.5 Å². The summed E-state index contributed by atoms with van der Waals surface area (Å²) in [5.74, 6) is 1.51. The van der Waals surface area contributed by atoms with Crippen LogP contribution in [0.2, 0.25) is 0 Å². The first kappa shape index (κ1) is 19.9. The highest BCUT2D eigenvalue weighted by atomic mass is 16.5. The Kier molecular flexibility index (Phi) is 5.84. The summed E-state index contributed by atoms with van der Waals surface area (Å²) in [5.41, 5.74) is 2.51. The number of morpholine rings is 1. The van der Waals surface area contributed by atoms with E-state index >= 15 is 0 Å². The van der Waals surface area contributed by atoms with Gasteiger partial charge < -0.3 is 9.47 Å². The number of hydrogen-bond donors (Lipinski definition) is 0. The van der Waals surface area contributed by atoms with Gasteiger partial charge in [0.15, 0.2) is 0 Å². The quantitative estimate of drug-likeness (QED) is 0.756. The van der Waals surface area contributed by atoms with E-state index in [1.54, 1.807) is 11.7 Å². The summed E-state index contributed by atoms with van der Waals surface area (Å²) < 4.78 is 12.5. The highest BCUT2D eigenvalue weighted by Crippen LogP contribution is 2.29. The van der Waals surface area contributed by atoms with Crippen molar-refractivity contribution in [3.63, 3.8) is 0 Å². The molecule has 0 unspecified atom stereocenters. The molecule has 0 atom stereocenters. The van der Waals surface area contributed by atoms with Crippen molar-refractivity contribution in [1.29, 1.82) is 0 Å². The summed E-state index contributed by atoms with van der Waals surface area (Å²) in [6.45, 7) is 10.3. The molecule has 1 aromatic heterocycles. The van der Waals surface area contributed by atoms with E-state index in [1.807, 2.05) is 38.1 Å². The van der Waals surface area contributed by atoms with Gasteiger partial charge in [0.05, 0.1) is 33.7 Å². The summed E-state index contributed by atoms with van der Waals surface area (Å²) in [5, 5.41) is 0. The van der Waals surface area contributed by atoms with E-state index in [-0.39, 0.29) is 5.56 Å². The number of rotatable bonds is 5. The van der Waals surface area contributed by atoms with Crippen LogP contribution in [0.3, 0.4) is 0 Å². The first-order chi connectivity index (χ1) is 14.1. The van der Waals surface area contributed by atoms with Gasteiger partial charge >= 0.3 is 0 Å². The second kappa shape index (κ2) is 8.52. The molecule has 0 bridgehead atoms. The normalized spacial score (nSPS) is 18.0. The molecule has 0 amide bonds. The number of methoxy groups -OCH3 is 1. The third-order valence-electron chi connectivity index (χ3n) is 5.76. The van der Waals surface area contributed by atoms with Crippen molar-refractivity contribution in [2.45, 2.75) is 20.5 Å². The third-order valence-corrected chi connectivity index (χ3v) is 5.76. The van der Waals surface area contributed by atoms with Gasteiger partial charge in [0, 0.05) is 43.1 Å². The van der Waals surface area contributed by atoms with Gasteiger partial charge in [-0.3, -0.25) is 24.1 Å². The van der Waals surface area contributed by atoms with E-state index in [0.717, 1.165) is 56.5 Å². The molecular formula is C21H29N5O3. The lowest BCUT2D eigenvalue weighted by Crippen LogP contribution is -2.50. The topological polar surface area (TPSA) is 63.1 Å². The van der Waals surface area contributed by atoms with Gasteiger partial charge in [0.2, 0.25) is 5.95 Å². The minimum atomic E-state index is 0.0297. The Hall–Kier alpha value is -2.42. The lowest BCUT2D eigenvalue weighted by molar-refractivity contribution is 0.0310. The van der Waals surface area contributed by atoms with Crippen LogP contribution >= 0.6 is 0 Å². The predicted molar refractivity (Wildman–Crippen MR) is 112 cm³/mol. The molecule has 1 fully saturated rings. The molecule has 0 saturated carbocycles. The summed E-state index contributed by atoms with van der Waals surface area (Å²) in [6.07, 6.45) is 0. The molecule has 0 aliphatic carbocycles. The molecule has 3 heterocycles. The van der Waals surface area contributed by atoms with Crippen molar-refractivity contribution >= 4 is 11.6 Å². The molecule has 8 nitrogen and oxygen atoms in total. The Morgan fingerprint density at radius 2 is 1.72 bits per heavy atom. The van der Waals surface area contributed by atoms with Crippen molar-refractivity contribution in [2.24, 2.45) is 0 Å². The monoisotopic (exact) mass is 399 g/mol. The van der Waals surface area contributed by atoms with Gasteiger partial charge in [0.1, 0.15) is 5.75 Å². The highest BCUT2D eigenvalue weighted by Gasteiger charge is 2.27. The Morgan fingerprint density at radius 3 is 2.41 bits per heavy atom. The minimum absolute atomic E-state index is 0.0297. The number of anilines is 2. The Morgan fingerprint density at radius 1 is 1.03 bits per heavy atom. The van der Waals surface area contributed by atoms with Gasteiger partial charge in [-0.1, -0.05) is 0 Å². The van der Waals surface area contributed by atoms with Crippen LogP contribution in [0.5, 0.6) is 5.75 Å².